The Balaban J connectivity index is 1.96. The molecule has 2 aromatic rings. The van der Waals surface area contributed by atoms with Crippen LogP contribution in [-0.4, -0.2) is 31.6 Å². The molecule has 0 saturated carbocycles. The van der Waals surface area contributed by atoms with Gasteiger partial charge in [-0.25, -0.2) is 4.39 Å². The van der Waals surface area contributed by atoms with Crippen LogP contribution in [-0.2, 0) is 6.42 Å². The lowest BCUT2D eigenvalue weighted by atomic mass is 9.92. The summed E-state index contributed by atoms with van der Waals surface area (Å²) in [5.41, 5.74) is 2.23. The maximum absolute atomic E-state index is 14.0. The average molecular weight is 329 g/mol. The quantitative estimate of drug-likeness (QED) is 0.863. The molecule has 1 amide bonds. The van der Waals surface area contributed by atoms with Gasteiger partial charge in [0.1, 0.15) is 5.82 Å². The molecule has 1 heterocycles. The van der Waals surface area contributed by atoms with E-state index in [0.717, 1.165) is 11.1 Å². The van der Waals surface area contributed by atoms with Crippen LogP contribution < -0.4 is 9.47 Å². The van der Waals surface area contributed by atoms with Crippen molar-refractivity contribution in [3.8, 4) is 11.5 Å². The molecule has 0 bridgehead atoms. The van der Waals surface area contributed by atoms with E-state index in [-0.39, 0.29) is 17.5 Å². The van der Waals surface area contributed by atoms with Gasteiger partial charge < -0.3 is 14.4 Å². The molecule has 24 heavy (non-hydrogen) atoms. The molecule has 4 nitrogen and oxygen atoms in total. The van der Waals surface area contributed by atoms with Crippen molar-refractivity contribution in [3.63, 3.8) is 0 Å². The van der Waals surface area contributed by atoms with Crippen LogP contribution in [0, 0.1) is 5.82 Å². The summed E-state index contributed by atoms with van der Waals surface area (Å²) in [5, 5.41) is 0. The van der Waals surface area contributed by atoms with Gasteiger partial charge in [-0.1, -0.05) is 12.1 Å². The number of fused-ring (bicyclic) bond motifs is 1. The molecule has 126 valence electrons. The summed E-state index contributed by atoms with van der Waals surface area (Å²) in [6, 6.07) is 9.78. The first-order chi connectivity index (χ1) is 11.6. The zero-order valence-corrected chi connectivity index (χ0v) is 14.0. The van der Waals surface area contributed by atoms with Gasteiger partial charge in [-0.2, -0.15) is 0 Å². The number of nitrogens with zero attached hydrogens (tertiary/aromatic N) is 1. The highest BCUT2D eigenvalue weighted by Gasteiger charge is 2.30. The Labute approximate surface area is 140 Å². The Morgan fingerprint density at radius 3 is 2.50 bits per heavy atom. The molecule has 0 radical (unpaired) electrons. The summed E-state index contributed by atoms with van der Waals surface area (Å²) in [7, 11) is 3.19. The van der Waals surface area contributed by atoms with Crippen LogP contribution in [0.5, 0.6) is 11.5 Å². The van der Waals surface area contributed by atoms with Crippen molar-refractivity contribution in [1.82, 2.24) is 4.90 Å². The van der Waals surface area contributed by atoms with Crippen LogP contribution in [0.3, 0.4) is 0 Å². The molecule has 0 unspecified atom stereocenters. The molecule has 0 aromatic heterocycles. The number of methoxy groups -OCH3 is 2. The van der Waals surface area contributed by atoms with Gasteiger partial charge >= 0.3 is 0 Å². The minimum Gasteiger partial charge on any atom is -0.493 e. The van der Waals surface area contributed by atoms with Crippen molar-refractivity contribution >= 4 is 5.91 Å². The Bertz CT molecular complexity index is 775. The molecule has 3 rings (SSSR count). The lowest BCUT2D eigenvalue weighted by Gasteiger charge is -2.36. The van der Waals surface area contributed by atoms with E-state index in [9.17, 15) is 9.18 Å². The van der Waals surface area contributed by atoms with Gasteiger partial charge in [0.25, 0.3) is 5.91 Å². The van der Waals surface area contributed by atoms with Crippen LogP contribution in [0.15, 0.2) is 36.4 Å². The van der Waals surface area contributed by atoms with E-state index in [1.165, 1.54) is 12.1 Å². The average Bonchev–Trinajstić information content (AvgIpc) is 2.61. The second-order valence-corrected chi connectivity index (χ2v) is 5.81. The predicted molar refractivity (Wildman–Crippen MR) is 89.1 cm³/mol. The number of rotatable bonds is 3. The maximum Gasteiger partial charge on any atom is 0.257 e. The molecule has 2 aromatic carbocycles. The second-order valence-electron chi connectivity index (χ2n) is 5.81. The molecular weight excluding hydrogens is 309 g/mol. The highest BCUT2D eigenvalue weighted by atomic mass is 19.1. The topological polar surface area (TPSA) is 38.8 Å². The van der Waals surface area contributed by atoms with E-state index in [1.54, 1.807) is 31.3 Å². The van der Waals surface area contributed by atoms with Crippen LogP contribution in [0.4, 0.5) is 4.39 Å². The fourth-order valence-corrected chi connectivity index (χ4v) is 3.21. The van der Waals surface area contributed by atoms with Gasteiger partial charge in [0.05, 0.1) is 25.8 Å². The van der Waals surface area contributed by atoms with Crippen molar-refractivity contribution < 1.29 is 18.7 Å². The molecule has 5 heteroatoms. The Kier molecular flexibility index (Phi) is 4.42. The molecule has 0 fully saturated rings. The first-order valence-electron chi connectivity index (χ1n) is 7.87. The lowest BCUT2D eigenvalue weighted by molar-refractivity contribution is 0.0672. The summed E-state index contributed by atoms with van der Waals surface area (Å²) < 4.78 is 24.7. The van der Waals surface area contributed by atoms with Gasteiger partial charge in [-0.15, -0.1) is 0 Å². The number of halogens is 1. The number of carbonyl (C=O) groups is 1. The fourth-order valence-electron chi connectivity index (χ4n) is 3.21. The maximum atomic E-state index is 14.0. The van der Waals surface area contributed by atoms with Crippen LogP contribution in [0.25, 0.3) is 0 Å². The third kappa shape index (κ3) is 2.70. The summed E-state index contributed by atoms with van der Waals surface area (Å²) in [4.78, 5) is 14.4. The SMILES string of the molecule is COc1cc2c(cc1OC)[C@H](C)N(C(=O)c1ccccc1F)CC2. The van der Waals surface area contributed by atoms with Gasteiger partial charge in [0.15, 0.2) is 11.5 Å². The van der Waals surface area contributed by atoms with Crippen molar-refractivity contribution in [2.45, 2.75) is 19.4 Å². The van der Waals surface area contributed by atoms with E-state index >= 15 is 0 Å². The van der Waals surface area contributed by atoms with E-state index < -0.39 is 5.82 Å². The van der Waals surface area contributed by atoms with Crippen molar-refractivity contribution in [2.75, 3.05) is 20.8 Å². The number of amides is 1. The summed E-state index contributed by atoms with van der Waals surface area (Å²) in [5.74, 6) is 0.523. The summed E-state index contributed by atoms with van der Waals surface area (Å²) in [6.07, 6.45) is 0.695. The minimum atomic E-state index is -0.493. The van der Waals surface area contributed by atoms with E-state index in [0.29, 0.717) is 24.5 Å². The number of ether oxygens (including phenoxy) is 2. The molecule has 0 N–H and O–H groups in total. The smallest absolute Gasteiger partial charge is 0.257 e. The van der Waals surface area contributed by atoms with Crippen molar-refractivity contribution in [2.24, 2.45) is 0 Å². The van der Waals surface area contributed by atoms with Crippen molar-refractivity contribution in [3.05, 3.63) is 58.9 Å². The molecule has 0 spiro atoms. The Morgan fingerprint density at radius 1 is 1.17 bits per heavy atom. The molecule has 0 aliphatic carbocycles. The molecular formula is C19H20FNO3. The zero-order valence-electron chi connectivity index (χ0n) is 14.0. The van der Waals surface area contributed by atoms with E-state index in [4.69, 9.17) is 9.47 Å². The summed E-state index contributed by atoms with van der Waals surface area (Å²) in [6.45, 7) is 2.49. The van der Waals surface area contributed by atoms with Gasteiger partial charge in [-0.05, 0) is 48.7 Å². The Hall–Kier alpha value is -2.56. The van der Waals surface area contributed by atoms with Gasteiger partial charge in [0, 0.05) is 6.54 Å². The van der Waals surface area contributed by atoms with Crippen LogP contribution in [0.1, 0.15) is 34.5 Å². The fraction of sp³-hybridized carbons (Fsp3) is 0.316. The van der Waals surface area contributed by atoms with E-state index in [2.05, 4.69) is 0 Å². The number of hydrogen-bond acceptors (Lipinski definition) is 3. The normalized spacial score (nSPS) is 16.5. The minimum absolute atomic E-state index is 0.105. The number of carbonyl (C=O) groups excluding carboxylic acids is 1. The molecule has 1 aliphatic rings. The lowest BCUT2D eigenvalue weighted by Crippen LogP contribution is -2.39. The summed E-state index contributed by atoms with van der Waals surface area (Å²) >= 11 is 0. The van der Waals surface area contributed by atoms with Gasteiger partial charge in [-0.3, -0.25) is 4.79 Å². The third-order valence-electron chi connectivity index (χ3n) is 4.55. The highest BCUT2D eigenvalue weighted by molar-refractivity contribution is 5.95. The third-order valence-corrected chi connectivity index (χ3v) is 4.55. The zero-order chi connectivity index (χ0) is 17.3. The Morgan fingerprint density at radius 2 is 1.83 bits per heavy atom. The molecule has 1 atom stereocenters. The van der Waals surface area contributed by atoms with E-state index in [1.807, 2.05) is 19.1 Å². The van der Waals surface area contributed by atoms with Gasteiger partial charge in [0.2, 0.25) is 0 Å². The number of benzene rings is 2. The first-order valence-corrected chi connectivity index (χ1v) is 7.87. The largest absolute Gasteiger partial charge is 0.493 e. The number of hydrogen-bond donors (Lipinski definition) is 0. The van der Waals surface area contributed by atoms with Crippen LogP contribution >= 0.6 is 0 Å². The second kappa shape index (κ2) is 6.51. The van der Waals surface area contributed by atoms with Crippen LogP contribution in [0.2, 0.25) is 0 Å². The van der Waals surface area contributed by atoms with Crippen molar-refractivity contribution in [1.29, 1.82) is 0 Å². The molecule has 1 aliphatic heterocycles. The standard InChI is InChI=1S/C19H20FNO3/c1-12-15-11-18(24-3)17(23-2)10-13(15)8-9-21(12)19(22)14-6-4-5-7-16(14)20/h4-7,10-12H,8-9H2,1-3H3/t12-/m0/s1. The monoisotopic (exact) mass is 329 g/mol. The predicted octanol–water partition coefficient (Wildman–Crippen LogP) is 3.60. The highest BCUT2D eigenvalue weighted by Crippen LogP contribution is 2.38. The molecule has 0 saturated heterocycles. The first kappa shape index (κ1) is 16.3.